The second-order valence-corrected chi connectivity index (χ2v) is 9.59. The predicted molar refractivity (Wildman–Crippen MR) is 129 cm³/mol. The lowest BCUT2D eigenvalue weighted by Crippen LogP contribution is -2.52. The van der Waals surface area contributed by atoms with Gasteiger partial charge in [0.05, 0.1) is 30.1 Å². The molecule has 2 aliphatic rings. The van der Waals surface area contributed by atoms with Crippen LogP contribution in [0.3, 0.4) is 0 Å². The first kappa shape index (κ1) is 23.7. The molecule has 3 aromatic rings. The van der Waals surface area contributed by atoms with Gasteiger partial charge in [-0.25, -0.2) is 14.2 Å². The lowest BCUT2D eigenvalue weighted by atomic mass is 10.0. The molecule has 1 fully saturated rings. The fourth-order valence-corrected chi connectivity index (χ4v) is 5.40. The van der Waals surface area contributed by atoms with Gasteiger partial charge in [0.1, 0.15) is 22.3 Å². The molecule has 0 radical (unpaired) electrons. The number of hydrogen-bond acceptors (Lipinski definition) is 7. The van der Waals surface area contributed by atoms with Gasteiger partial charge < -0.3 is 20.3 Å². The van der Waals surface area contributed by atoms with Crippen molar-refractivity contribution in [3.8, 4) is 5.75 Å². The Morgan fingerprint density at radius 3 is 2.83 bits per heavy atom. The Balaban J connectivity index is 1.29. The molecule has 186 valence electrons. The van der Waals surface area contributed by atoms with Crippen LogP contribution in [0.1, 0.15) is 46.7 Å². The molecule has 2 aromatic carbocycles. The Labute approximate surface area is 208 Å². The molecule has 2 atom stereocenters. The number of amides is 5. The number of thiazole rings is 1. The Morgan fingerprint density at radius 2 is 2.08 bits per heavy atom. The average Bonchev–Trinajstić information content (AvgIpc) is 3.43. The molecule has 1 aromatic heterocycles. The lowest BCUT2D eigenvalue weighted by molar-refractivity contribution is -0.136. The third kappa shape index (κ3) is 4.13. The number of piperidine rings is 1. The molecular weight excluding hydrogens is 489 g/mol. The van der Waals surface area contributed by atoms with Gasteiger partial charge in [0.25, 0.3) is 5.91 Å². The van der Waals surface area contributed by atoms with Crippen molar-refractivity contribution in [3.63, 3.8) is 0 Å². The Morgan fingerprint density at radius 1 is 1.28 bits per heavy atom. The van der Waals surface area contributed by atoms with Crippen molar-refractivity contribution in [2.45, 2.75) is 38.4 Å². The molecular formula is C24H22FN5O5S. The molecule has 0 bridgehead atoms. The van der Waals surface area contributed by atoms with Gasteiger partial charge in [-0.3, -0.25) is 19.7 Å². The number of halogens is 1. The van der Waals surface area contributed by atoms with Gasteiger partial charge >= 0.3 is 6.03 Å². The zero-order chi connectivity index (χ0) is 25.6. The van der Waals surface area contributed by atoms with Crippen molar-refractivity contribution >= 4 is 51.0 Å². The van der Waals surface area contributed by atoms with Crippen molar-refractivity contribution in [2.24, 2.45) is 0 Å². The number of nitrogens with one attached hydrogen (secondary N) is 3. The SMILES string of the molecule is COc1cccc2sc(C(C)NC(=O)Nc3ccc4c(c3F)CN(C3CCC(=O)NC3=O)C4=O)nc12. The normalized spacial score (nSPS) is 18.1. The molecule has 3 heterocycles. The van der Waals surface area contributed by atoms with Gasteiger partial charge in [0.2, 0.25) is 11.8 Å². The highest BCUT2D eigenvalue weighted by atomic mass is 32.1. The molecule has 1 saturated heterocycles. The number of rotatable bonds is 5. The summed E-state index contributed by atoms with van der Waals surface area (Å²) in [7, 11) is 1.56. The van der Waals surface area contributed by atoms with Crippen molar-refractivity contribution in [3.05, 3.63) is 52.3 Å². The first-order chi connectivity index (χ1) is 17.3. The molecule has 12 heteroatoms. The number of imide groups is 1. The minimum absolute atomic E-state index is 0.0915. The minimum Gasteiger partial charge on any atom is -0.494 e. The fourth-order valence-electron chi connectivity index (χ4n) is 4.41. The maximum atomic E-state index is 15.3. The van der Waals surface area contributed by atoms with Crippen LogP contribution in [0.25, 0.3) is 10.2 Å². The van der Waals surface area contributed by atoms with E-state index in [0.29, 0.717) is 16.3 Å². The first-order valence-corrected chi connectivity index (χ1v) is 12.1. The van der Waals surface area contributed by atoms with Crippen molar-refractivity contribution in [1.82, 2.24) is 20.5 Å². The highest BCUT2D eigenvalue weighted by molar-refractivity contribution is 7.18. The fraction of sp³-hybridized carbons (Fsp3) is 0.292. The summed E-state index contributed by atoms with van der Waals surface area (Å²) in [5, 5.41) is 8.11. The van der Waals surface area contributed by atoms with Gasteiger partial charge in [-0.15, -0.1) is 11.3 Å². The lowest BCUT2D eigenvalue weighted by Gasteiger charge is -2.29. The zero-order valence-electron chi connectivity index (χ0n) is 19.4. The smallest absolute Gasteiger partial charge is 0.319 e. The van der Waals surface area contributed by atoms with Gasteiger partial charge in [0.15, 0.2) is 5.82 Å². The number of carbonyl (C=O) groups is 4. The van der Waals surface area contributed by atoms with Crippen LogP contribution in [0.4, 0.5) is 14.9 Å². The van der Waals surface area contributed by atoms with Crippen LogP contribution < -0.4 is 20.7 Å². The number of para-hydroxylation sites is 1. The number of aromatic nitrogens is 1. The van der Waals surface area contributed by atoms with E-state index in [1.165, 1.54) is 28.4 Å². The number of benzene rings is 2. The number of methoxy groups -OCH3 is 1. The summed E-state index contributed by atoms with van der Waals surface area (Å²) < 4.78 is 21.5. The van der Waals surface area contributed by atoms with E-state index in [1.54, 1.807) is 20.1 Å². The third-order valence-electron chi connectivity index (χ3n) is 6.23. The van der Waals surface area contributed by atoms with Gasteiger partial charge in [0, 0.05) is 17.5 Å². The van der Waals surface area contributed by atoms with E-state index < -0.39 is 41.7 Å². The molecule has 2 unspecified atom stereocenters. The molecule has 0 saturated carbocycles. The molecule has 5 amide bonds. The standard InChI is InChI=1S/C24H22FN5O5S/c1-11(22-29-20-16(35-2)4-3-5-17(20)36-22)26-24(34)27-14-7-6-12-13(19(14)25)10-30(23(12)33)15-8-9-18(31)28-21(15)32/h3-7,11,15H,8-10H2,1-2H3,(H2,26,27,34)(H,28,31,32). The number of fused-ring (bicyclic) bond motifs is 2. The zero-order valence-corrected chi connectivity index (χ0v) is 20.2. The van der Waals surface area contributed by atoms with E-state index in [4.69, 9.17) is 4.74 Å². The van der Waals surface area contributed by atoms with Gasteiger partial charge in [-0.1, -0.05) is 6.07 Å². The highest BCUT2D eigenvalue weighted by Gasteiger charge is 2.40. The first-order valence-electron chi connectivity index (χ1n) is 11.2. The van der Waals surface area contributed by atoms with Crippen LogP contribution >= 0.6 is 11.3 Å². The predicted octanol–water partition coefficient (Wildman–Crippen LogP) is 3.09. The van der Waals surface area contributed by atoms with E-state index in [0.717, 1.165) is 4.70 Å². The molecule has 2 aliphatic heterocycles. The summed E-state index contributed by atoms with van der Waals surface area (Å²) in [4.78, 5) is 54.9. The van der Waals surface area contributed by atoms with Crippen LogP contribution in [0.2, 0.25) is 0 Å². The quantitative estimate of drug-likeness (QED) is 0.452. The third-order valence-corrected chi connectivity index (χ3v) is 7.44. The molecule has 10 nitrogen and oxygen atoms in total. The van der Waals surface area contributed by atoms with Gasteiger partial charge in [-0.2, -0.15) is 0 Å². The Kier molecular flexibility index (Phi) is 6.04. The van der Waals surface area contributed by atoms with E-state index in [2.05, 4.69) is 20.9 Å². The maximum absolute atomic E-state index is 15.3. The molecule has 5 rings (SSSR count). The number of carbonyl (C=O) groups excluding carboxylic acids is 4. The van der Waals surface area contributed by atoms with E-state index in [9.17, 15) is 19.2 Å². The second kappa shape index (κ2) is 9.19. The summed E-state index contributed by atoms with van der Waals surface area (Å²) in [5.74, 6) is -1.58. The summed E-state index contributed by atoms with van der Waals surface area (Å²) in [6.07, 6.45) is 0.278. The average molecular weight is 512 g/mol. The summed E-state index contributed by atoms with van der Waals surface area (Å²) in [6, 6.07) is 6.35. The van der Waals surface area contributed by atoms with Crippen LogP contribution in [0, 0.1) is 5.82 Å². The van der Waals surface area contributed by atoms with Crippen molar-refractivity contribution in [2.75, 3.05) is 12.4 Å². The Hall–Kier alpha value is -4.06. The maximum Gasteiger partial charge on any atom is 0.319 e. The van der Waals surface area contributed by atoms with Crippen LogP contribution in [0.5, 0.6) is 5.75 Å². The Bertz CT molecular complexity index is 1420. The van der Waals surface area contributed by atoms with Crippen LogP contribution in [-0.2, 0) is 16.1 Å². The topological polar surface area (TPSA) is 130 Å². The summed E-state index contributed by atoms with van der Waals surface area (Å²) >= 11 is 1.41. The number of nitrogens with zero attached hydrogens (tertiary/aromatic N) is 2. The summed E-state index contributed by atoms with van der Waals surface area (Å²) in [6.45, 7) is 1.63. The van der Waals surface area contributed by atoms with Gasteiger partial charge in [-0.05, 0) is 37.6 Å². The van der Waals surface area contributed by atoms with Crippen LogP contribution in [0.15, 0.2) is 30.3 Å². The molecule has 0 aliphatic carbocycles. The summed E-state index contributed by atoms with van der Waals surface area (Å²) in [5.41, 5.74) is 0.820. The highest BCUT2D eigenvalue weighted by Crippen LogP contribution is 2.34. The largest absolute Gasteiger partial charge is 0.494 e. The van der Waals surface area contributed by atoms with E-state index in [1.807, 2.05) is 12.1 Å². The van der Waals surface area contributed by atoms with E-state index >= 15 is 4.39 Å². The number of urea groups is 1. The molecule has 36 heavy (non-hydrogen) atoms. The second-order valence-electron chi connectivity index (χ2n) is 8.53. The van der Waals surface area contributed by atoms with Crippen LogP contribution in [-0.4, -0.2) is 46.8 Å². The van der Waals surface area contributed by atoms with Crippen molar-refractivity contribution < 1.29 is 28.3 Å². The minimum atomic E-state index is -0.852. The number of ether oxygens (including phenoxy) is 1. The van der Waals surface area contributed by atoms with Crippen molar-refractivity contribution in [1.29, 1.82) is 0 Å². The molecule has 3 N–H and O–H groups in total. The monoisotopic (exact) mass is 511 g/mol. The number of anilines is 1. The van der Waals surface area contributed by atoms with E-state index in [-0.39, 0.29) is 36.2 Å². The number of hydrogen-bond donors (Lipinski definition) is 3. The molecule has 0 spiro atoms.